The molecule has 5 heteroatoms. The van der Waals surface area contributed by atoms with E-state index in [9.17, 15) is 4.79 Å². The fourth-order valence-electron chi connectivity index (χ4n) is 2.39. The summed E-state index contributed by atoms with van der Waals surface area (Å²) in [6.45, 7) is 4.78. The highest BCUT2D eigenvalue weighted by Gasteiger charge is 2.13. The number of methoxy groups -OCH3 is 2. The third-order valence-corrected chi connectivity index (χ3v) is 3.70. The molecule has 1 unspecified atom stereocenters. The molecule has 25 heavy (non-hydrogen) atoms. The number of carbonyl (C=O) groups is 1. The Labute approximate surface area is 148 Å². The van der Waals surface area contributed by atoms with Crippen LogP contribution in [0.4, 0.5) is 0 Å². The van der Waals surface area contributed by atoms with Crippen LogP contribution in [0.1, 0.15) is 28.4 Å². The second-order valence-electron chi connectivity index (χ2n) is 5.78. The number of carbonyl (C=O) groups excluding carboxylic acids is 1. The predicted molar refractivity (Wildman–Crippen MR) is 95.3 cm³/mol. The zero-order chi connectivity index (χ0) is 18.2. The second kappa shape index (κ2) is 9.08. The second-order valence-corrected chi connectivity index (χ2v) is 5.78. The third kappa shape index (κ3) is 5.50. The summed E-state index contributed by atoms with van der Waals surface area (Å²) in [7, 11) is 2.96. The summed E-state index contributed by atoms with van der Waals surface area (Å²) >= 11 is 0. The van der Waals surface area contributed by atoms with Crippen molar-refractivity contribution in [1.82, 2.24) is 0 Å². The van der Waals surface area contributed by atoms with Gasteiger partial charge in [-0.15, -0.1) is 0 Å². The lowest BCUT2D eigenvalue weighted by atomic mass is 10.1. The maximum Gasteiger partial charge on any atom is 0.338 e. The van der Waals surface area contributed by atoms with Gasteiger partial charge in [-0.25, -0.2) is 4.79 Å². The molecular weight excluding hydrogens is 320 g/mol. The number of rotatable bonds is 8. The Kier molecular flexibility index (Phi) is 6.83. The van der Waals surface area contributed by atoms with Gasteiger partial charge in [-0.3, -0.25) is 0 Å². The molecule has 0 amide bonds. The number of hydrogen-bond acceptors (Lipinski definition) is 5. The molecule has 2 aromatic carbocycles. The predicted octanol–water partition coefficient (Wildman–Crippen LogP) is 3.77. The van der Waals surface area contributed by atoms with Crippen molar-refractivity contribution in [1.29, 1.82) is 0 Å². The molecule has 0 fully saturated rings. The van der Waals surface area contributed by atoms with Gasteiger partial charge in [0.1, 0.15) is 24.2 Å². The summed E-state index contributed by atoms with van der Waals surface area (Å²) < 4.78 is 21.5. The monoisotopic (exact) mass is 344 g/mol. The summed E-state index contributed by atoms with van der Waals surface area (Å²) in [6.07, 6.45) is -0.151. The van der Waals surface area contributed by atoms with Crippen molar-refractivity contribution in [2.45, 2.75) is 26.6 Å². The van der Waals surface area contributed by atoms with Crippen LogP contribution in [0.2, 0.25) is 0 Å². The Hall–Kier alpha value is -2.53. The minimum atomic E-state index is -0.439. The highest BCUT2D eigenvalue weighted by atomic mass is 16.5. The molecule has 2 rings (SSSR count). The van der Waals surface area contributed by atoms with Gasteiger partial charge in [0, 0.05) is 13.2 Å². The first kappa shape index (κ1) is 18.8. The molecule has 1 atom stereocenters. The van der Waals surface area contributed by atoms with E-state index in [-0.39, 0.29) is 6.10 Å². The molecule has 0 heterocycles. The van der Waals surface area contributed by atoms with E-state index in [2.05, 4.69) is 0 Å². The Morgan fingerprint density at radius 3 is 2.48 bits per heavy atom. The lowest BCUT2D eigenvalue weighted by molar-refractivity contribution is 0.0598. The van der Waals surface area contributed by atoms with Crippen LogP contribution in [-0.2, 0) is 16.1 Å². The van der Waals surface area contributed by atoms with Gasteiger partial charge in [-0.1, -0.05) is 24.3 Å². The minimum absolute atomic E-state index is 0.151. The molecule has 0 N–H and O–H groups in total. The maximum absolute atomic E-state index is 11.9. The van der Waals surface area contributed by atoms with Gasteiger partial charge < -0.3 is 18.9 Å². The van der Waals surface area contributed by atoms with Crippen LogP contribution in [0.25, 0.3) is 0 Å². The number of benzene rings is 2. The van der Waals surface area contributed by atoms with Crippen LogP contribution < -0.4 is 9.47 Å². The van der Waals surface area contributed by atoms with Gasteiger partial charge in [0.05, 0.1) is 19.3 Å². The highest BCUT2D eigenvalue weighted by molar-refractivity contribution is 5.90. The molecule has 0 aliphatic rings. The van der Waals surface area contributed by atoms with Gasteiger partial charge >= 0.3 is 5.97 Å². The normalized spacial score (nSPS) is 11.7. The third-order valence-electron chi connectivity index (χ3n) is 3.70. The molecule has 0 aliphatic heterocycles. The van der Waals surface area contributed by atoms with Crippen LogP contribution in [0, 0.1) is 6.92 Å². The Bertz CT molecular complexity index is 711. The van der Waals surface area contributed by atoms with E-state index in [1.165, 1.54) is 7.11 Å². The topological polar surface area (TPSA) is 54.0 Å². The number of esters is 1. The summed E-state index contributed by atoms with van der Waals surface area (Å²) in [6, 6.07) is 13.0. The molecule has 0 radical (unpaired) electrons. The van der Waals surface area contributed by atoms with Crippen molar-refractivity contribution in [2.75, 3.05) is 20.8 Å². The molecule has 134 valence electrons. The Morgan fingerprint density at radius 2 is 1.80 bits per heavy atom. The molecule has 0 spiro atoms. The standard InChI is InChI=1S/C20H24O5/c1-14-7-5-6-8-16(14)13-24-18-9-17(20(21)23-4)10-19(11-18)25-15(2)12-22-3/h5-11,15H,12-13H2,1-4H3. The van der Waals surface area contributed by atoms with E-state index < -0.39 is 5.97 Å². The Morgan fingerprint density at radius 1 is 1.08 bits per heavy atom. The van der Waals surface area contributed by atoms with E-state index in [0.717, 1.165) is 11.1 Å². The van der Waals surface area contributed by atoms with Gasteiger partial charge in [-0.05, 0) is 37.1 Å². The van der Waals surface area contributed by atoms with Crippen LogP contribution in [0.3, 0.4) is 0 Å². The van der Waals surface area contributed by atoms with Crippen molar-refractivity contribution in [3.63, 3.8) is 0 Å². The quantitative estimate of drug-likeness (QED) is 0.682. The number of hydrogen-bond donors (Lipinski definition) is 0. The van der Waals surface area contributed by atoms with E-state index in [1.54, 1.807) is 25.3 Å². The van der Waals surface area contributed by atoms with Crippen molar-refractivity contribution in [3.8, 4) is 11.5 Å². The van der Waals surface area contributed by atoms with Crippen LogP contribution >= 0.6 is 0 Å². The first-order valence-electron chi connectivity index (χ1n) is 8.09. The van der Waals surface area contributed by atoms with E-state index in [0.29, 0.717) is 30.3 Å². The van der Waals surface area contributed by atoms with Gasteiger partial charge in [-0.2, -0.15) is 0 Å². The smallest absolute Gasteiger partial charge is 0.338 e. The zero-order valence-electron chi connectivity index (χ0n) is 15.1. The van der Waals surface area contributed by atoms with E-state index in [1.807, 2.05) is 38.1 Å². The van der Waals surface area contributed by atoms with Gasteiger partial charge in [0.15, 0.2) is 0 Å². The first-order valence-corrected chi connectivity index (χ1v) is 8.09. The summed E-state index contributed by atoms with van der Waals surface area (Å²) in [5.41, 5.74) is 2.61. The van der Waals surface area contributed by atoms with Gasteiger partial charge in [0.2, 0.25) is 0 Å². The lowest BCUT2D eigenvalue weighted by Gasteiger charge is -2.16. The molecule has 0 aliphatic carbocycles. The van der Waals surface area contributed by atoms with Gasteiger partial charge in [0.25, 0.3) is 0 Å². The Balaban J connectivity index is 2.20. The zero-order valence-corrected chi connectivity index (χ0v) is 15.1. The molecule has 0 saturated carbocycles. The number of aryl methyl sites for hydroxylation is 1. The molecule has 0 saturated heterocycles. The van der Waals surface area contributed by atoms with Crippen molar-refractivity contribution in [2.24, 2.45) is 0 Å². The van der Waals surface area contributed by atoms with Crippen LogP contribution in [-0.4, -0.2) is 32.9 Å². The fraction of sp³-hybridized carbons (Fsp3) is 0.350. The summed E-state index contributed by atoms with van der Waals surface area (Å²) in [5, 5.41) is 0. The van der Waals surface area contributed by atoms with Crippen molar-refractivity contribution >= 4 is 5.97 Å². The number of ether oxygens (including phenoxy) is 4. The molecule has 0 aromatic heterocycles. The SMILES string of the molecule is COCC(C)Oc1cc(OCc2ccccc2C)cc(C(=O)OC)c1. The summed E-state index contributed by atoms with van der Waals surface area (Å²) in [4.78, 5) is 11.9. The van der Waals surface area contributed by atoms with Crippen molar-refractivity contribution in [3.05, 3.63) is 59.2 Å². The molecular formula is C20H24O5. The average Bonchev–Trinajstić information content (AvgIpc) is 2.60. The largest absolute Gasteiger partial charge is 0.489 e. The minimum Gasteiger partial charge on any atom is -0.489 e. The molecule has 0 bridgehead atoms. The molecule has 2 aromatic rings. The highest BCUT2D eigenvalue weighted by Crippen LogP contribution is 2.25. The fourth-order valence-corrected chi connectivity index (χ4v) is 2.39. The van der Waals surface area contributed by atoms with Crippen molar-refractivity contribution < 1.29 is 23.7 Å². The summed E-state index contributed by atoms with van der Waals surface area (Å²) in [5.74, 6) is 0.642. The van der Waals surface area contributed by atoms with Crippen LogP contribution in [0.15, 0.2) is 42.5 Å². The molecule has 5 nitrogen and oxygen atoms in total. The first-order chi connectivity index (χ1) is 12.0. The average molecular weight is 344 g/mol. The van der Waals surface area contributed by atoms with E-state index in [4.69, 9.17) is 18.9 Å². The van der Waals surface area contributed by atoms with Crippen LogP contribution in [0.5, 0.6) is 11.5 Å². The lowest BCUT2D eigenvalue weighted by Crippen LogP contribution is -2.18. The van der Waals surface area contributed by atoms with E-state index >= 15 is 0 Å². The maximum atomic E-state index is 11.9.